The number of hydrogen-bond donors (Lipinski definition) is 1. The van der Waals surface area contributed by atoms with Gasteiger partial charge in [0.05, 0.1) is 0 Å². The lowest BCUT2D eigenvalue weighted by Gasteiger charge is -2.42. The molecule has 5 atom stereocenters. The van der Waals surface area contributed by atoms with Gasteiger partial charge in [0, 0.05) is 19.8 Å². The number of hydrogen-bond acceptors (Lipinski definition) is 7. The van der Waals surface area contributed by atoms with Crippen LogP contribution in [-0.4, -0.2) is 53.2 Å². The van der Waals surface area contributed by atoms with Gasteiger partial charge in [-0.2, -0.15) is 0 Å². The summed E-state index contributed by atoms with van der Waals surface area (Å²) >= 11 is 1.57. The molecule has 7 heteroatoms. The molecule has 0 aromatic heterocycles. The van der Waals surface area contributed by atoms with Gasteiger partial charge in [0.25, 0.3) is 0 Å². The summed E-state index contributed by atoms with van der Waals surface area (Å²) in [6.45, 7) is 6.40. The van der Waals surface area contributed by atoms with Crippen molar-refractivity contribution in [1.29, 1.82) is 0 Å². The van der Waals surface area contributed by atoms with E-state index in [0.717, 1.165) is 5.75 Å². The summed E-state index contributed by atoms with van der Waals surface area (Å²) in [5.41, 5.74) is -0.215. The topological polar surface area (TPSA) is 82.1 Å². The minimum atomic E-state index is -1.01. The fourth-order valence-corrected chi connectivity index (χ4v) is 3.12. The molecule has 0 radical (unpaired) electrons. The highest BCUT2D eigenvalue weighted by Gasteiger charge is 2.45. The van der Waals surface area contributed by atoms with Gasteiger partial charge < -0.3 is 19.3 Å². The van der Waals surface area contributed by atoms with Crippen LogP contribution in [0.3, 0.4) is 0 Å². The number of ether oxygens (including phenoxy) is 3. The van der Waals surface area contributed by atoms with E-state index in [1.807, 2.05) is 13.8 Å². The van der Waals surface area contributed by atoms with E-state index in [4.69, 9.17) is 14.2 Å². The zero-order valence-corrected chi connectivity index (χ0v) is 13.0. The van der Waals surface area contributed by atoms with Crippen molar-refractivity contribution in [2.45, 2.75) is 51.4 Å². The Morgan fingerprint density at radius 1 is 1.30 bits per heavy atom. The van der Waals surface area contributed by atoms with Crippen LogP contribution >= 0.6 is 11.8 Å². The lowest BCUT2D eigenvalue weighted by Crippen LogP contribution is -2.55. The van der Waals surface area contributed by atoms with Crippen LogP contribution in [0.4, 0.5) is 0 Å². The number of aliphatic hydroxyl groups is 1. The maximum Gasteiger partial charge on any atom is 0.303 e. The van der Waals surface area contributed by atoms with Crippen molar-refractivity contribution in [2.24, 2.45) is 5.92 Å². The van der Waals surface area contributed by atoms with Gasteiger partial charge in [0.15, 0.2) is 0 Å². The standard InChI is InChI=1S/C13H22O6S/c1-5-20-13-7(2)12(18-9(4)15)11(16)10(19-13)6-17-8(3)14/h7,10-13,16H,5-6H2,1-4H3/t7?,10?,11?,12?,13-/m0/s1. The predicted octanol–water partition coefficient (Wildman–Crippen LogP) is 0.956. The lowest BCUT2D eigenvalue weighted by atomic mass is 9.93. The Hall–Kier alpha value is -0.790. The van der Waals surface area contributed by atoms with E-state index < -0.39 is 30.3 Å². The first-order chi connectivity index (χ1) is 9.36. The van der Waals surface area contributed by atoms with Gasteiger partial charge in [-0.1, -0.05) is 13.8 Å². The normalized spacial score (nSPS) is 33.5. The second-order valence-electron chi connectivity index (χ2n) is 4.72. The third-order valence-electron chi connectivity index (χ3n) is 3.06. The monoisotopic (exact) mass is 306 g/mol. The molecule has 116 valence electrons. The summed E-state index contributed by atoms with van der Waals surface area (Å²) in [6.07, 6.45) is -2.36. The van der Waals surface area contributed by atoms with Crippen molar-refractivity contribution < 1.29 is 28.9 Å². The quantitative estimate of drug-likeness (QED) is 0.757. The molecule has 0 spiro atoms. The van der Waals surface area contributed by atoms with Crippen LogP contribution in [0.1, 0.15) is 27.7 Å². The number of carbonyl (C=O) groups is 2. The summed E-state index contributed by atoms with van der Waals surface area (Å²) in [6, 6.07) is 0. The molecule has 1 rings (SSSR count). The largest absolute Gasteiger partial charge is 0.463 e. The van der Waals surface area contributed by atoms with E-state index in [-0.39, 0.29) is 18.0 Å². The van der Waals surface area contributed by atoms with Crippen LogP contribution in [0.5, 0.6) is 0 Å². The minimum Gasteiger partial charge on any atom is -0.463 e. The molecule has 1 aliphatic rings. The third kappa shape index (κ3) is 4.64. The molecule has 0 aromatic carbocycles. The van der Waals surface area contributed by atoms with Gasteiger partial charge in [-0.15, -0.1) is 11.8 Å². The molecular weight excluding hydrogens is 284 g/mol. The van der Waals surface area contributed by atoms with E-state index in [2.05, 4.69) is 0 Å². The zero-order chi connectivity index (χ0) is 15.3. The second-order valence-corrected chi connectivity index (χ2v) is 6.10. The van der Waals surface area contributed by atoms with Gasteiger partial charge >= 0.3 is 11.9 Å². The van der Waals surface area contributed by atoms with E-state index >= 15 is 0 Å². The first-order valence-corrected chi connectivity index (χ1v) is 7.67. The highest BCUT2D eigenvalue weighted by molar-refractivity contribution is 7.99. The molecule has 0 saturated carbocycles. The summed E-state index contributed by atoms with van der Waals surface area (Å²) in [5, 5.41) is 10.2. The molecule has 0 bridgehead atoms. The molecule has 1 heterocycles. The van der Waals surface area contributed by atoms with E-state index in [1.165, 1.54) is 13.8 Å². The maximum atomic E-state index is 11.2. The Labute approximate surface area is 123 Å². The van der Waals surface area contributed by atoms with E-state index in [9.17, 15) is 14.7 Å². The summed E-state index contributed by atoms with van der Waals surface area (Å²) in [4.78, 5) is 22.0. The molecule has 1 saturated heterocycles. The average molecular weight is 306 g/mol. The highest BCUT2D eigenvalue weighted by Crippen LogP contribution is 2.34. The van der Waals surface area contributed by atoms with Crippen molar-refractivity contribution in [3.63, 3.8) is 0 Å². The maximum absolute atomic E-state index is 11.2. The molecular formula is C13H22O6S. The van der Waals surface area contributed by atoms with Crippen molar-refractivity contribution >= 4 is 23.7 Å². The zero-order valence-electron chi connectivity index (χ0n) is 12.2. The van der Waals surface area contributed by atoms with Crippen LogP contribution in [0.25, 0.3) is 0 Å². The predicted molar refractivity (Wildman–Crippen MR) is 74.2 cm³/mol. The van der Waals surface area contributed by atoms with Gasteiger partial charge in [0.2, 0.25) is 0 Å². The highest BCUT2D eigenvalue weighted by atomic mass is 32.2. The molecule has 1 aliphatic heterocycles. The first kappa shape index (κ1) is 17.3. The summed E-state index contributed by atoms with van der Waals surface area (Å²) in [7, 11) is 0. The molecule has 0 amide bonds. The number of thioether (sulfide) groups is 1. The number of esters is 2. The molecule has 4 unspecified atom stereocenters. The van der Waals surface area contributed by atoms with Gasteiger partial charge in [-0.3, -0.25) is 9.59 Å². The summed E-state index contributed by atoms with van der Waals surface area (Å²) in [5.74, 6) is -0.206. The Bertz CT molecular complexity index is 348. The first-order valence-electron chi connectivity index (χ1n) is 6.62. The van der Waals surface area contributed by atoms with Crippen molar-refractivity contribution in [3.05, 3.63) is 0 Å². The van der Waals surface area contributed by atoms with Gasteiger partial charge in [-0.05, 0) is 5.75 Å². The molecule has 0 aliphatic carbocycles. The average Bonchev–Trinajstić information content (AvgIpc) is 2.36. The summed E-state index contributed by atoms with van der Waals surface area (Å²) < 4.78 is 15.9. The fraction of sp³-hybridized carbons (Fsp3) is 0.846. The van der Waals surface area contributed by atoms with Crippen LogP contribution in [0.15, 0.2) is 0 Å². The van der Waals surface area contributed by atoms with Crippen molar-refractivity contribution in [3.8, 4) is 0 Å². The minimum absolute atomic E-state index is 0.0538. The molecule has 6 nitrogen and oxygen atoms in total. The van der Waals surface area contributed by atoms with Crippen molar-refractivity contribution in [2.75, 3.05) is 12.4 Å². The van der Waals surface area contributed by atoms with E-state index in [0.29, 0.717) is 0 Å². The van der Waals surface area contributed by atoms with Crippen LogP contribution in [0.2, 0.25) is 0 Å². The number of aliphatic hydroxyl groups excluding tert-OH is 1. The van der Waals surface area contributed by atoms with Gasteiger partial charge in [-0.25, -0.2) is 0 Å². The Balaban J connectivity index is 2.79. The Kier molecular flexibility index (Phi) is 6.78. The van der Waals surface area contributed by atoms with Crippen LogP contribution in [-0.2, 0) is 23.8 Å². The number of rotatable bonds is 5. The number of carbonyl (C=O) groups excluding carboxylic acids is 2. The fourth-order valence-electron chi connectivity index (χ4n) is 2.12. The molecule has 20 heavy (non-hydrogen) atoms. The van der Waals surface area contributed by atoms with Crippen molar-refractivity contribution in [1.82, 2.24) is 0 Å². The molecule has 1 N–H and O–H groups in total. The van der Waals surface area contributed by atoms with Crippen LogP contribution in [0, 0.1) is 5.92 Å². The lowest BCUT2D eigenvalue weighted by molar-refractivity contribution is -0.205. The third-order valence-corrected chi connectivity index (χ3v) is 4.26. The Morgan fingerprint density at radius 2 is 1.95 bits per heavy atom. The second kappa shape index (κ2) is 7.85. The Morgan fingerprint density at radius 3 is 2.45 bits per heavy atom. The SMILES string of the molecule is CCS[C@@H]1OC(COC(C)=O)C(O)C(OC(C)=O)C1C. The van der Waals surface area contributed by atoms with E-state index in [1.54, 1.807) is 11.8 Å². The van der Waals surface area contributed by atoms with Gasteiger partial charge in [0.1, 0.15) is 30.4 Å². The smallest absolute Gasteiger partial charge is 0.303 e. The molecule has 0 aromatic rings. The van der Waals surface area contributed by atoms with Crippen LogP contribution < -0.4 is 0 Å². The molecule has 1 fully saturated rings.